The number of hydrogen-bond donors (Lipinski definition) is 0. The van der Waals surface area contributed by atoms with Crippen LogP contribution in [0.15, 0.2) is 28.7 Å². The fourth-order valence-electron chi connectivity index (χ4n) is 2.75. The van der Waals surface area contributed by atoms with Gasteiger partial charge >= 0.3 is 0 Å². The number of carbonyl (C=O) groups is 1. The molecule has 0 amide bonds. The molecular formula is C16H22BrNO. The SMILES string of the molecule is CC(C)C1CCN(CC(=O)c2ccccc2Br)CC1. The number of piperidine rings is 1. The third-order valence-electron chi connectivity index (χ3n) is 4.12. The standard InChI is InChI=1S/C16H22BrNO/c1-12(2)13-7-9-18(10-8-13)11-16(19)14-5-3-4-6-15(14)17/h3-6,12-13H,7-11H2,1-2H3. The van der Waals surface area contributed by atoms with E-state index in [1.807, 2.05) is 24.3 Å². The van der Waals surface area contributed by atoms with Gasteiger partial charge in [0.05, 0.1) is 6.54 Å². The topological polar surface area (TPSA) is 20.3 Å². The molecule has 0 radical (unpaired) electrons. The van der Waals surface area contributed by atoms with Crippen LogP contribution in [0.5, 0.6) is 0 Å². The van der Waals surface area contributed by atoms with Crippen LogP contribution in [0.2, 0.25) is 0 Å². The fraction of sp³-hybridized carbons (Fsp3) is 0.562. The minimum atomic E-state index is 0.218. The highest BCUT2D eigenvalue weighted by molar-refractivity contribution is 9.10. The van der Waals surface area contributed by atoms with Gasteiger partial charge in [0.25, 0.3) is 0 Å². The van der Waals surface area contributed by atoms with Gasteiger partial charge < -0.3 is 0 Å². The van der Waals surface area contributed by atoms with E-state index in [0.717, 1.165) is 35.0 Å². The maximum absolute atomic E-state index is 12.3. The summed E-state index contributed by atoms with van der Waals surface area (Å²) in [5.74, 6) is 1.81. The molecule has 104 valence electrons. The third kappa shape index (κ3) is 3.90. The van der Waals surface area contributed by atoms with Gasteiger partial charge in [-0.25, -0.2) is 0 Å². The Morgan fingerprint density at radius 3 is 2.53 bits per heavy atom. The highest BCUT2D eigenvalue weighted by Crippen LogP contribution is 2.25. The molecule has 1 heterocycles. The number of benzene rings is 1. The molecular weight excluding hydrogens is 302 g/mol. The number of Topliss-reactive ketones (excluding diaryl/α,β-unsaturated/α-hetero) is 1. The second kappa shape index (κ2) is 6.67. The van der Waals surface area contributed by atoms with E-state index in [1.165, 1.54) is 12.8 Å². The van der Waals surface area contributed by atoms with Gasteiger partial charge in [0.2, 0.25) is 0 Å². The molecule has 0 saturated carbocycles. The van der Waals surface area contributed by atoms with Gasteiger partial charge in [0.1, 0.15) is 0 Å². The summed E-state index contributed by atoms with van der Waals surface area (Å²) < 4.78 is 0.900. The second-order valence-corrected chi connectivity index (χ2v) is 6.61. The molecule has 3 heteroatoms. The van der Waals surface area contributed by atoms with Crippen molar-refractivity contribution in [3.8, 4) is 0 Å². The highest BCUT2D eigenvalue weighted by Gasteiger charge is 2.23. The number of halogens is 1. The van der Waals surface area contributed by atoms with Gasteiger partial charge in [-0.2, -0.15) is 0 Å². The Labute approximate surface area is 124 Å². The molecule has 1 aliphatic heterocycles. The summed E-state index contributed by atoms with van der Waals surface area (Å²) in [4.78, 5) is 14.6. The minimum Gasteiger partial charge on any atom is -0.296 e. The molecule has 1 saturated heterocycles. The predicted octanol–water partition coefficient (Wildman–Crippen LogP) is 4.00. The van der Waals surface area contributed by atoms with Gasteiger partial charge in [-0.1, -0.05) is 48.0 Å². The largest absolute Gasteiger partial charge is 0.296 e. The number of hydrogen-bond acceptors (Lipinski definition) is 2. The van der Waals surface area contributed by atoms with Crippen LogP contribution < -0.4 is 0 Å². The first kappa shape index (κ1) is 14.7. The minimum absolute atomic E-state index is 0.218. The van der Waals surface area contributed by atoms with Crippen molar-refractivity contribution >= 4 is 21.7 Å². The average molecular weight is 324 g/mol. The highest BCUT2D eigenvalue weighted by atomic mass is 79.9. The lowest BCUT2D eigenvalue weighted by Gasteiger charge is -2.33. The molecule has 0 bridgehead atoms. The van der Waals surface area contributed by atoms with Crippen LogP contribution in [0.4, 0.5) is 0 Å². The Bertz CT molecular complexity index is 436. The fourth-order valence-corrected chi connectivity index (χ4v) is 3.26. The lowest BCUT2D eigenvalue weighted by atomic mass is 9.86. The Balaban J connectivity index is 1.89. The van der Waals surface area contributed by atoms with Gasteiger partial charge in [-0.05, 0) is 43.8 Å². The first-order chi connectivity index (χ1) is 9.08. The number of likely N-dealkylation sites (tertiary alicyclic amines) is 1. The maximum atomic E-state index is 12.3. The molecule has 2 rings (SSSR count). The van der Waals surface area contributed by atoms with Crippen LogP contribution in [0.25, 0.3) is 0 Å². The van der Waals surface area contributed by atoms with Crippen molar-refractivity contribution in [1.29, 1.82) is 0 Å². The average Bonchev–Trinajstić information content (AvgIpc) is 2.39. The molecule has 0 N–H and O–H groups in total. The van der Waals surface area contributed by atoms with E-state index >= 15 is 0 Å². The molecule has 0 unspecified atom stereocenters. The lowest BCUT2D eigenvalue weighted by Crippen LogP contribution is -2.38. The Morgan fingerprint density at radius 2 is 1.95 bits per heavy atom. The Kier molecular flexibility index (Phi) is 5.17. The van der Waals surface area contributed by atoms with Crippen LogP contribution in [-0.2, 0) is 0 Å². The van der Waals surface area contributed by atoms with E-state index in [0.29, 0.717) is 6.54 Å². The van der Waals surface area contributed by atoms with Gasteiger partial charge in [-0.3, -0.25) is 9.69 Å². The van der Waals surface area contributed by atoms with Crippen LogP contribution >= 0.6 is 15.9 Å². The number of rotatable bonds is 4. The molecule has 19 heavy (non-hydrogen) atoms. The molecule has 0 aliphatic carbocycles. The molecule has 1 aliphatic rings. The summed E-state index contributed by atoms with van der Waals surface area (Å²) >= 11 is 3.45. The van der Waals surface area contributed by atoms with Gasteiger partial charge in [-0.15, -0.1) is 0 Å². The smallest absolute Gasteiger partial charge is 0.177 e. The molecule has 0 atom stereocenters. The molecule has 1 aromatic carbocycles. The summed E-state index contributed by atoms with van der Waals surface area (Å²) in [5.41, 5.74) is 0.800. The predicted molar refractivity (Wildman–Crippen MR) is 82.5 cm³/mol. The maximum Gasteiger partial charge on any atom is 0.177 e. The van der Waals surface area contributed by atoms with E-state index in [1.54, 1.807) is 0 Å². The molecule has 0 spiro atoms. The summed E-state index contributed by atoms with van der Waals surface area (Å²) in [5, 5.41) is 0. The van der Waals surface area contributed by atoms with Crippen molar-refractivity contribution in [2.24, 2.45) is 11.8 Å². The van der Waals surface area contributed by atoms with Crippen molar-refractivity contribution in [2.75, 3.05) is 19.6 Å². The first-order valence-electron chi connectivity index (χ1n) is 7.08. The lowest BCUT2D eigenvalue weighted by molar-refractivity contribution is 0.0879. The third-order valence-corrected chi connectivity index (χ3v) is 4.81. The monoisotopic (exact) mass is 323 g/mol. The Morgan fingerprint density at radius 1 is 1.32 bits per heavy atom. The quantitative estimate of drug-likeness (QED) is 0.780. The van der Waals surface area contributed by atoms with E-state index in [-0.39, 0.29) is 5.78 Å². The van der Waals surface area contributed by atoms with Crippen molar-refractivity contribution < 1.29 is 4.79 Å². The summed E-state index contributed by atoms with van der Waals surface area (Å²) in [6, 6.07) is 7.68. The van der Waals surface area contributed by atoms with E-state index in [4.69, 9.17) is 0 Å². The molecule has 2 nitrogen and oxygen atoms in total. The van der Waals surface area contributed by atoms with Crippen LogP contribution in [0.1, 0.15) is 37.0 Å². The van der Waals surface area contributed by atoms with Crippen LogP contribution in [0, 0.1) is 11.8 Å². The van der Waals surface area contributed by atoms with Crippen LogP contribution in [0.3, 0.4) is 0 Å². The second-order valence-electron chi connectivity index (χ2n) is 5.76. The van der Waals surface area contributed by atoms with E-state index in [2.05, 4.69) is 34.7 Å². The molecule has 1 aromatic rings. The van der Waals surface area contributed by atoms with Crippen LogP contribution in [-0.4, -0.2) is 30.3 Å². The molecule has 0 aromatic heterocycles. The summed E-state index contributed by atoms with van der Waals surface area (Å²) in [6.45, 7) is 7.25. The normalized spacial score (nSPS) is 17.9. The van der Waals surface area contributed by atoms with Crippen molar-refractivity contribution in [3.05, 3.63) is 34.3 Å². The van der Waals surface area contributed by atoms with Gasteiger partial charge in [0.15, 0.2) is 5.78 Å². The van der Waals surface area contributed by atoms with E-state index in [9.17, 15) is 4.79 Å². The van der Waals surface area contributed by atoms with Gasteiger partial charge in [0, 0.05) is 10.0 Å². The zero-order chi connectivity index (χ0) is 13.8. The number of carbonyl (C=O) groups excluding carboxylic acids is 1. The number of nitrogens with zero attached hydrogens (tertiary/aromatic N) is 1. The van der Waals surface area contributed by atoms with Crippen molar-refractivity contribution in [3.63, 3.8) is 0 Å². The Hall–Kier alpha value is -0.670. The zero-order valence-corrected chi connectivity index (χ0v) is 13.3. The van der Waals surface area contributed by atoms with Crippen molar-refractivity contribution in [1.82, 2.24) is 4.90 Å². The summed E-state index contributed by atoms with van der Waals surface area (Å²) in [6.07, 6.45) is 2.45. The molecule has 1 fully saturated rings. The first-order valence-corrected chi connectivity index (χ1v) is 7.87. The number of ketones is 1. The van der Waals surface area contributed by atoms with E-state index < -0.39 is 0 Å². The van der Waals surface area contributed by atoms with Crippen molar-refractivity contribution in [2.45, 2.75) is 26.7 Å². The zero-order valence-electron chi connectivity index (χ0n) is 11.7. The summed E-state index contributed by atoms with van der Waals surface area (Å²) in [7, 11) is 0.